The maximum atomic E-state index is 12.9. The van der Waals surface area contributed by atoms with Gasteiger partial charge >= 0.3 is 5.97 Å². The van der Waals surface area contributed by atoms with E-state index in [9.17, 15) is 19.7 Å². The highest BCUT2D eigenvalue weighted by Crippen LogP contribution is 2.26. The van der Waals surface area contributed by atoms with Gasteiger partial charge in [0, 0.05) is 6.07 Å². The number of carbonyl (C=O) groups excluding carboxylic acids is 2. The highest BCUT2D eigenvalue weighted by Gasteiger charge is 2.26. The lowest BCUT2D eigenvalue weighted by atomic mass is 10.0. The van der Waals surface area contributed by atoms with E-state index in [0.717, 1.165) is 5.56 Å². The highest BCUT2D eigenvalue weighted by molar-refractivity contribution is 5.99. The molecule has 8 heteroatoms. The molecule has 1 atom stereocenters. The molecule has 0 radical (unpaired) electrons. The molecule has 0 fully saturated rings. The van der Waals surface area contributed by atoms with E-state index in [1.807, 2.05) is 44.2 Å². The first-order valence-electron chi connectivity index (χ1n) is 9.74. The maximum absolute atomic E-state index is 12.9. The summed E-state index contributed by atoms with van der Waals surface area (Å²) in [6, 6.07) is 12.2. The quantitative estimate of drug-likeness (QED) is 0.359. The van der Waals surface area contributed by atoms with Gasteiger partial charge in [-0.05, 0) is 30.9 Å². The number of nitro benzene ring substituents is 1. The number of hydrogen-bond acceptors (Lipinski definition) is 6. The second kappa shape index (κ2) is 10.9. The number of nitrogens with zero attached hydrogens (tertiary/aromatic N) is 1. The first-order chi connectivity index (χ1) is 14.3. The Morgan fingerprint density at radius 2 is 1.83 bits per heavy atom. The molecule has 0 bridgehead atoms. The van der Waals surface area contributed by atoms with Crippen LogP contribution in [0.25, 0.3) is 0 Å². The minimum atomic E-state index is -0.824. The van der Waals surface area contributed by atoms with Crippen molar-refractivity contribution < 1.29 is 24.0 Å². The lowest BCUT2D eigenvalue weighted by Gasteiger charge is -2.20. The smallest absolute Gasteiger partial charge is 0.328 e. The molecule has 0 saturated heterocycles. The fraction of sp³-hybridized carbons (Fsp3) is 0.364. The molecule has 0 aliphatic heterocycles. The van der Waals surface area contributed by atoms with Gasteiger partial charge in [0.1, 0.15) is 18.4 Å². The molecule has 30 heavy (non-hydrogen) atoms. The van der Waals surface area contributed by atoms with E-state index in [-0.39, 0.29) is 36.1 Å². The number of rotatable bonds is 10. The summed E-state index contributed by atoms with van der Waals surface area (Å²) in [6.45, 7) is 5.89. The van der Waals surface area contributed by atoms with Crippen molar-refractivity contribution in [1.29, 1.82) is 0 Å². The predicted molar refractivity (Wildman–Crippen MR) is 111 cm³/mol. The Kier molecular flexibility index (Phi) is 8.34. The van der Waals surface area contributed by atoms with E-state index >= 15 is 0 Å². The molecule has 2 aromatic carbocycles. The number of benzene rings is 2. The second-order valence-corrected chi connectivity index (χ2v) is 7.12. The summed E-state index contributed by atoms with van der Waals surface area (Å²) in [7, 11) is 0. The van der Waals surface area contributed by atoms with Gasteiger partial charge in [0.2, 0.25) is 0 Å². The Hall–Kier alpha value is -3.42. The summed E-state index contributed by atoms with van der Waals surface area (Å²) >= 11 is 0. The van der Waals surface area contributed by atoms with Crippen LogP contribution in [0.5, 0.6) is 5.75 Å². The summed E-state index contributed by atoms with van der Waals surface area (Å²) in [6.07, 6.45) is 0.401. The van der Waals surface area contributed by atoms with Crippen LogP contribution >= 0.6 is 0 Å². The van der Waals surface area contributed by atoms with Crippen molar-refractivity contribution in [2.75, 3.05) is 6.61 Å². The fourth-order valence-electron chi connectivity index (χ4n) is 2.83. The van der Waals surface area contributed by atoms with Gasteiger partial charge in [-0.3, -0.25) is 14.9 Å². The second-order valence-electron chi connectivity index (χ2n) is 7.12. The molecule has 2 aromatic rings. The minimum absolute atomic E-state index is 0.0673. The van der Waals surface area contributed by atoms with Gasteiger partial charge in [-0.2, -0.15) is 0 Å². The van der Waals surface area contributed by atoms with Crippen LogP contribution in [0, 0.1) is 16.0 Å². The van der Waals surface area contributed by atoms with Crippen molar-refractivity contribution in [1.82, 2.24) is 5.32 Å². The summed E-state index contributed by atoms with van der Waals surface area (Å²) in [5.74, 6) is -0.872. The van der Waals surface area contributed by atoms with Crippen LogP contribution in [0.1, 0.15) is 43.1 Å². The lowest BCUT2D eigenvalue weighted by Crippen LogP contribution is -2.42. The Morgan fingerprint density at radius 1 is 1.13 bits per heavy atom. The molecule has 0 aliphatic rings. The standard InChI is InChI=1S/C22H26N2O6/c1-4-29-22(26)19(12-15(2)3)23-21(25)18-11-10-17(24(27)28)13-20(18)30-14-16-8-6-5-7-9-16/h5-11,13,15,19H,4,12,14H2,1-3H3,(H,23,25). The van der Waals surface area contributed by atoms with Crippen molar-refractivity contribution in [3.63, 3.8) is 0 Å². The Balaban J connectivity index is 2.27. The molecule has 0 heterocycles. The highest BCUT2D eigenvalue weighted by atomic mass is 16.6. The van der Waals surface area contributed by atoms with E-state index in [4.69, 9.17) is 9.47 Å². The topological polar surface area (TPSA) is 108 Å². The molecule has 8 nitrogen and oxygen atoms in total. The average Bonchev–Trinajstić information content (AvgIpc) is 2.72. The molecule has 1 amide bonds. The fourth-order valence-corrected chi connectivity index (χ4v) is 2.83. The maximum Gasteiger partial charge on any atom is 0.328 e. The summed E-state index contributed by atoms with van der Waals surface area (Å²) in [4.78, 5) is 35.7. The number of hydrogen-bond donors (Lipinski definition) is 1. The molecule has 1 N–H and O–H groups in total. The molecule has 0 saturated carbocycles. The first kappa shape index (κ1) is 22.9. The average molecular weight is 414 g/mol. The normalized spacial score (nSPS) is 11.6. The third kappa shape index (κ3) is 6.58. The van der Waals surface area contributed by atoms with Gasteiger partial charge < -0.3 is 14.8 Å². The third-order valence-corrected chi connectivity index (χ3v) is 4.24. The van der Waals surface area contributed by atoms with Gasteiger partial charge in [0.25, 0.3) is 11.6 Å². The number of nitrogens with one attached hydrogen (secondary N) is 1. The Bertz CT molecular complexity index is 882. The third-order valence-electron chi connectivity index (χ3n) is 4.24. The van der Waals surface area contributed by atoms with Crippen LogP contribution in [0.4, 0.5) is 5.69 Å². The summed E-state index contributed by atoms with van der Waals surface area (Å²) < 4.78 is 10.8. The molecule has 1 unspecified atom stereocenters. The number of esters is 1. The molecule has 0 aromatic heterocycles. The van der Waals surface area contributed by atoms with Crippen molar-refractivity contribution in [2.45, 2.75) is 39.8 Å². The number of nitro groups is 1. The zero-order chi connectivity index (χ0) is 22.1. The molecule has 0 aliphatic carbocycles. The largest absolute Gasteiger partial charge is 0.488 e. The van der Waals surface area contributed by atoms with Crippen molar-refractivity contribution >= 4 is 17.6 Å². The van der Waals surface area contributed by atoms with Crippen LogP contribution in [-0.4, -0.2) is 29.4 Å². The van der Waals surface area contributed by atoms with Crippen LogP contribution in [0.3, 0.4) is 0 Å². The SMILES string of the molecule is CCOC(=O)C(CC(C)C)NC(=O)c1ccc([N+](=O)[O-])cc1OCc1ccccc1. The lowest BCUT2D eigenvalue weighted by molar-refractivity contribution is -0.384. The first-order valence-corrected chi connectivity index (χ1v) is 9.74. The van der Waals surface area contributed by atoms with Gasteiger partial charge in [-0.1, -0.05) is 44.2 Å². The van der Waals surface area contributed by atoms with Crippen LogP contribution in [0.15, 0.2) is 48.5 Å². The Morgan fingerprint density at radius 3 is 2.43 bits per heavy atom. The van der Waals surface area contributed by atoms with Crippen molar-refractivity contribution in [2.24, 2.45) is 5.92 Å². The molecule has 160 valence electrons. The van der Waals surface area contributed by atoms with Gasteiger partial charge in [0.15, 0.2) is 0 Å². The molecule has 0 spiro atoms. The number of non-ortho nitro benzene ring substituents is 1. The van der Waals surface area contributed by atoms with Crippen LogP contribution in [-0.2, 0) is 16.1 Å². The van der Waals surface area contributed by atoms with Gasteiger partial charge in [0.05, 0.1) is 23.2 Å². The van der Waals surface area contributed by atoms with E-state index in [1.54, 1.807) is 6.92 Å². The zero-order valence-electron chi connectivity index (χ0n) is 17.3. The van der Waals surface area contributed by atoms with E-state index in [0.29, 0.717) is 6.42 Å². The van der Waals surface area contributed by atoms with E-state index < -0.39 is 22.8 Å². The summed E-state index contributed by atoms with van der Waals surface area (Å²) in [5, 5.41) is 13.8. The Labute approximate surface area is 175 Å². The number of carbonyl (C=O) groups is 2. The minimum Gasteiger partial charge on any atom is -0.488 e. The van der Waals surface area contributed by atoms with Crippen molar-refractivity contribution in [3.8, 4) is 5.75 Å². The number of ether oxygens (including phenoxy) is 2. The molecular weight excluding hydrogens is 388 g/mol. The van der Waals surface area contributed by atoms with Crippen LogP contribution in [0.2, 0.25) is 0 Å². The van der Waals surface area contributed by atoms with Gasteiger partial charge in [-0.15, -0.1) is 0 Å². The zero-order valence-corrected chi connectivity index (χ0v) is 17.3. The summed E-state index contributed by atoms with van der Waals surface area (Å²) in [5.41, 5.74) is 0.757. The van der Waals surface area contributed by atoms with Gasteiger partial charge in [-0.25, -0.2) is 4.79 Å². The molecular formula is C22H26N2O6. The van der Waals surface area contributed by atoms with E-state index in [2.05, 4.69) is 5.32 Å². The molecule has 2 rings (SSSR count). The number of amides is 1. The predicted octanol–water partition coefficient (Wildman–Crippen LogP) is 3.88. The monoisotopic (exact) mass is 414 g/mol. The van der Waals surface area contributed by atoms with Crippen molar-refractivity contribution in [3.05, 3.63) is 69.8 Å². The van der Waals surface area contributed by atoms with E-state index in [1.165, 1.54) is 18.2 Å². The van der Waals surface area contributed by atoms with Crippen LogP contribution < -0.4 is 10.1 Å².